The minimum Gasteiger partial charge on any atom is -0.325 e. The first-order chi connectivity index (χ1) is 12.0. The lowest BCUT2D eigenvalue weighted by Gasteiger charge is -2.39. The van der Waals surface area contributed by atoms with Crippen molar-refractivity contribution in [1.82, 2.24) is 9.80 Å². The topological polar surface area (TPSA) is 35.6 Å². The molecule has 0 saturated carbocycles. The summed E-state index contributed by atoms with van der Waals surface area (Å²) in [7, 11) is 0. The summed E-state index contributed by atoms with van der Waals surface area (Å²) in [5, 5.41) is 3.00. The number of nitrogens with one attached hydrogen (secondary N) is 1. The number of hydrogen-bond acceptors (Lipinski definition) is 2. The number of likely N-dealkylation sites (tertiary alicyclic amines) is 2. The number of hydrogen-bond donors (Lipinski definition) is 1. The Bertz CT molecular complexity index is 559. The maximum absolute atomic E-state index is 12.4. The van der Waals surface area contributed by atoms with Crippen LogP contribution in [-0.4, -0.2) is 48.6 Å². The third-order valence-electron chi connectivity index (χ3n) is 5.46. The van der Waals surface area contributed by atoms with Crippen molar-refractivity contribution in [3.05, 3.63) is 28.7 Å². The Labute approximate surface area is 160 Å². The van der Waals surface area contributed by atoms with Crippen LogP contribution >= 0.6 is 15.9 Å². The zero-order chi connectivity index (χ0) is 17.8. The Morgan fingerprint density at radius 1 is 1.12 bits per heavy atom. The molecule has 0 radical (unpaired) electrons. The summed E-state index contributed by atoms with van der Waals surface area (Å²) < 4.78 is 1.02. The fourth-order valence-corrected chi connectivity index (χ4v) is 4.62. The van der Waals surface area contributed by atoms with E-state index in [-0.39, 0.29) is 6.03 Å². The van der Waals surface area contributed by atoms with Gasteiger partial charge in [-0.25, -0.2) is 4.79 Å². The molecule has 138 valence electrons. The van der Waals surface area contributed by atoms with E-state index in [1.165, 1.54) is 26.1 Å². The van der Waals surface area contributed by atoms with E-state index in [0.717, 1.165) is 53.8 Å². The van der Waals surface area contributed by atoms with Crippen LogP contribution in [0.3, 0.4) is 0 Å². The second-order valence-corrected chi connectivity index (χ2v) is 8.95. The van der Waals surface area contributed by atoms with Gasteiger partial charge in [-0.05, 0) is 61.3 Å². The van der Waals surface area contributed by atoms with Gasteiger partial charge in [-0.15, -0.1) is 0 Å². The van der Waals surface area contributed by atoms with Gasteiger partial charge in [-0.1, -0.05) is 29.8 Å². The molecule has 5 heteroatoms. The average molecular weight is 408 g/mol. The molecule has 2 aliphatic heterocycles. The highest BCUT2D eigenvalue weighted by Gasteiger charge is 2.27. The molecular weight excluding hydrogens is 378 g/mol. The second-order valence-electron chi connectivity index (χ2n) is 8.03. The summed E-state index contributed by atoms with van der Waals surface area (Å²) in [6, 6.07) is 7.77. The lowest BCUT2D eigenvalue weighted by atomic mass is 9.89. The van der Waals surface area contributed by atoms with E-state index in [0.29, 0.717) is 0 Å². The highest BCUT2D eigenvalue weighted by Crippen LogP contribution is 2.25. The molecule has 0 spiro atoms. The van der Waals surface area contributed by atoms with Crippen molar-refractivity contribution in [2.45, 2.75) is 33.1 Å². The van der Waals surface area contributed by atoms with Crippen LogP contribution in [0.4, 0.5) is 10.5 Å². The summed E-state index contributed by atoms with van der Waals surface area (Å²) in [5.41, 5.74) is 0.853. The van der Waals surface area contributed by atoms with Crippen LogP contribution in [-0.2, 0) is 0 Å². The van der Waals surface area contributed by atoms with Gasteiger partial charge in [-0.3, -0.25) is 0 Å². The van der Waals surface area contributed by atoms with Crippen molar-refractivity contribution >= 4 is 27.6 Å². The molecule has 1 aromatic rings. The Kier molecular flexibility index (Phi) is 6.39. The number of carbonyl (C=O) groups is 1. The molecule has 2 aliphatic rings. The summed E-state index contributed by atoms with van der Waals surface area (Å²) in [4.78, 5) is 17.0. The highest BCUT2D eigenvalue weighted by molar-refractivity contribution is 9.10. The molecule has 2 saturated heterocycles. The minimum absolute atomic E-state index is 0.0287. The largest absolute Gasteiger partial charge is 0.325 e. The quantitative estimate of drug-likeness (QED) is 0.789. The maximum Gasteiger partial charge on any atom is 0.321 e. The monoisotopic (exact) mass is 407 g/mol. The zero-order valence-electron chi connectivity index (χ0n) is 15.4. The minimum atomic E-state index is 0.0287. The zero-order valence-corrected chi connectivity index (χ0v) is 17.0. The lowest BCUT2D eigenvalue weighted by Crippen LogP contribution is -2.46. The fraction of sp³-hybridized carbons (Fsp3) is 0.650. The van der Waals surface area contributed by atoms with Gasteiger partial charge >= 0.3 is 6.03 Å². The predicted molar refractivity (Wildman–Crippen MR) is 107 cm³/mol. The van der Waals surface area contributed by atoms with Crippen molar-refractivity contribution in [2.75, 3.05) is 38.0 Å². The van der Waals surface area contributed by atoms with E-state index in [1.54, 1.807) is 0 Å². The van der Waals surface area contributed by atoms with E-state index in [1.807, 2.05) is 29.2 Å². The summed E-state index contributed by atoms with van der Waals surface area (Å²) >= 11 is 3.42. The lowest BCUT2D eigenvalue weighted by molar-refractivity contribution is 0.101. The van der Waals surface area contributed by atoms with Gasteiger partial charge in [0.15, 0.2) is 0 Å². The van der Waals surface area contributed by atoms with Crippen molar-refractivity contribution in [3.8, 4) is 0 Å². The van der Waals surface area contributed by atoms with Gasteiger partial charge in [0, 0.05) is 42.9 Å². The smallest absolute Gasteiger partial charge is 0.321 e. The van der Waals surface area contributed by atoms with Gasteiger partial charge < -0.3 is 15.1 Å². The number of benzene rings is 1. The molecule has 2 fully saturated rings. The van der Waals surface area contributed by atoms with Crippen LogP contribution in [0.5, 0.6) is 0 Å². The van der Waals surface area contributed by atoms with Crippen LogP contribution in [0.25, 0.3) is 0 Å². The predicted octanol–water partition coefficient (Wildman–Crippen LogP) is 4.67. The van der Waals surface area contributed by atoms with Crippen molar-refractivity contribution < 1.29 is 4.79 Å². The fourth-order valence-electron chi connectivity index (χ4n) is 4.36. The third kappa shape index (κ3) is 5.45. The standard InChI is InChI=1S/C20H30BrN3O/c1-15-11-16(2)13-23(12-15)14-17-7-9-24(10-8-17)20(25)22-19-5-3-18(21)4-6-19/h3-6,15-17H,7-14H2,1-2H3,(H,22,25). The van der Waals surface area contributed by atoms with Gasteiger partial charge in [-0.2, -0.15) is 0 Å². The number of anilines is 1. The van der Waals surface area contributed by atoms with Crippen molar-refractivity contribution in [1.29, 1.82) is 0 Å². The van der Waals surface area contributed by atoms with Crippen LogP contribution < -0.4 is 5.32 Å². The Hall–Kier alpha value is -1.07. The number of halogens is 1. The van der Waals surface area contributed by atoms with Crippen molar-refractivity contribution in [2.24, 2.45) is 17.8 Å². The Morgan fingerprint density at radius 3 is 2.32 bits per heavy atom. The second kappa shape index (κ2) is 8.54. The molecule has 0 aliphatic carbocycles. The first-order valence-electron chi connectivity index (χ1n) is 9.53. The van der Waals surface area contributed by atoms with Crippen LogP contribution in [0.1, 0.15) is 33.1 Å². The molecule has 0 bridgehead atoms. The Morgan fingerprint density at radius 2 is 1.72 bits per heavy atom. The van der Waals surface area contributed by atoms with Gasteiger partial charge in [0.25, 0.3) is 0 Å². The summed E-state index contributed by atoms with van der Waals surface area (Å²) in [6.45, 7) is 10.2. The molecule has 0 aromatic heterocycles. The van der Waals surface area contributed by atoms with Crippen molar-refractivity contribution in [3.63, 3.8) is 0 Å². The molecule has 4 nitrogen and oxygen atoms in total. The van der Waals surface area contributed by atoms with Gasteiger partial charge in [0.1, 0.15) is 0 Å². The maximum atomic E-state index is 12.4. The van der Waals surface area contributed by atoms with E-state index in [9.17, 15) is 4.79 Å². The molecule has 3 rings (SSSR count). The molecular formula is C20H30BrN3O. The third-order valence-corrected chi connectivity index (χ3v) is 5.99. The van der Waals surface area contributed by atoms with E-state index in [4.69, 9.17) is 0 Å². The SMILES string of the molecule is CC1CC(C)CN(CC2CCN(C(=O)Nc3ccc(Br)cc3)CC2)C1. The van der Waals surface area contributed by atoms with Crippen LogP contribution in [0, 0.1) is 17.8 Å². The molecule has 2 unspecified atom stereocenters. The number of carbonyl (C=O) groups excluding carboxylic acids is 1. The summed E-state index contributed by atoms with van der Waals surface area (Å²) in [6.07, 6.45) is 3.60. The first kappa shape index (κ1) is 18.7. The summed E-state index contributed by atoms with van der Waals surface area (Å²) in [5.74, 6) is 2.37. The first-order valence-corrected chi connectivity index (χ1v) is 10.3. The number of nitrogens with zero attached hydrogens (tertiary/aromatic N) is 2. The van der Waals surface area contributed by atoms with Crippen LogP contribution in [0.2, 0.25) is 0 Å². The average Bonchev–Trinajstić information content (AvgIpc) is 2.56. The number of piperidine rings is 2. The van der Waals surface area contributed by atoms with Gasteiger partial charge in [0.05, 0.1) is 0 Å². The number of urea groups is 1. The molecule has 2 heterocycles. The molecule has 1 aromatic carbocycles. The van der Waals surface area contributed by atoms with E-state index in [2.05, 4.69) is 40.0 Å². The molecule has 1 N–H and O–H groups in total. The van der Waals surface area contributed by atoms with E-state index >= 15 is 0 Å². The van der Waals surface area contributed by atoms with E-state index < -0.39 is 0 Å². The highest BCUT2D eigenvalue weighted by atomic mass is 79.9. The number of rotatable bonds is 3. The Balaban J connectivity index is 1.43. The van der Waals surface area contributed by atoms with Gasteiger partial charge in [0.2, 0.25) is 0 Å². The van der Waals surface area contributed by atoms with Crippen LogP contribution in [0.15, 0.2) is 28.7 Å². The normalized spacial score (nSPS) is 25.8. The molecule has 2 amide bonds. The number of amides is 2. The molecule has 2 atom stereocenters. The molecule has 25 heavy (non-hydrogen) atoms.